The average Bonchev–Trinajstić information content (AvgIpc) is 2.45. The number of hydrogen-bond acceptors (Lipinski definition) is 3. The molecule has 0 aromatic heterocycles. The summed E-state index contributed by atoms with van der Waals surface area (Å²) in [4.78, 5) is 25.1. The quantitative estimate of drug-likeness (QED) is 0.648. The van der Waals surface area contributed by atoms with Crippen molar-refractivity contribution >= 4 is 17.3 Å². The highest BCUT2D eigenvalue weighted by atomic mass is 16.3. The second kappa shape index (κ2) is 7.31. The Hall–Kier alpha value is -1.94. The fourth-order valence-electron chi connectivity index (χ4n) is 3.08. The molecule has 0 heterocycles. The van der Waals surface area contributed by atoms with Crippen molar-refractivity contribution in [3.05, 3.63) is 41.1 Å². The van der Waals surface area contributed by atoms with E-state index in [1.54, 1.807) is 12.1 Å². The van der Waals surface area contributed by atoms with Crippen LogP contribution >= 0.6 is 0 Å². The number of anilines is 1. The summed E-state index contributed by atoms with van der Waals surface area (Å²) in [7, 11) is 0. The van der Waals surface area contributed by atoms with Crippen LogP contribution in [0.3, 0.4) is 0 Å². The first kappa shape index (κ1) is 18.4. The van der Waals surface area contributed by atoms with Gasteiger partial charge >= 0.3 is 0 Å². The van der Waals surface area contributed by atoms with Crippen molar-refractivity contribution in [3.63, 3.8) is 0 Å². The molecule has 0 saturated heterocycles. The van der Waals surface area contributed by atoms with Gasteiger partial charge in [0.2, 0.25) is 0 Å². The molecule has 1 aliphatic carbocycles. The molecule has 1 aromatic carbocycles. The first-order chi connectivity index (χ1) is 11.2. The molecule has 1 fully saturated rings. The number of Topliss-reactive ketones (excluding diaryl/α,β-unsaturated/α-hetero) is 2. The zero-order valence-corrected chi connectivity index (χ0v) is 14.9. The van der Waals surface area contributed by atoms with E-state index in [1.807, 2.05) is 26.0 Å². The second-order valence-electron chi connectivity index (χ2n) is 7.78. The molecule has 1 aromatic rings. The van der Waals surface area contributed by atoms with Crippen molar-refractivity contribution in [2.75, 3.05) is 5.32 Å². The molecular weight excluding hydrogens is 302 g/mol. The Labute approximate surface area is 144 Å². The van der Waals surface area contributed by atoms with Crippen LogP contribution in [0.1, 0.15) is 52.5 Å². The summed E-state index contributed by atoms with van der Waals surface area (Å²) >= 11 is 0. The number of benzene rings is 1. The predicted molar refractivity (Wildman–Crippen MR) is 94.0 cm³/mol. The van der Waals surface area contributed by atoms with Gasteiger partial charge < -0.3 is 5.32 Å². The van der Waals surface area contributed by atoms with Gasteiger partial charge in [-0.3, -0.25) is 9.59 Å². The molecule has 0 atom stereocenters. The van der Waals surface area contributed by atoms with Gasteiger partial charge in [-0.05, 0) is 35.4 Å². The lowest BCUT2D eigenvalue weighted by molar-refractivity contribution is -0.127. The number of allylic oxidation sites excluding steroid dienone is 2. The van der Waals surface area contributed by atoms with Gasteiger partial charge in [0.15, 0.2) is 11.6 Å². The van der Waals surface area contributed by atoms with Gasteiger partial charge in [-0.2, -0.15) is 0 Å². The Morgan fingerprint density at radius 2 is 1.62 bits per heavy atom. The average molecular weight is 328 g/mol. The van der Waals surface area contributed by atoms with Gasteiger partial charge in [0.1, 0.15) is 6.61 Å². The molecule has 129 valence electrons. The van der Waals surface area contributed by atoms with Crippen LogP contribution in [0.15, 0.2) is 35.5 Å². The second-order valence-corrected chi connectivity index (χ2v) is 7.78. The normalized spacial score (nSPS) is 17.3. The molecule has 4 heteroatoms. The Morgan fingerprint density at radius 3 is 2.08 bits per heavy atom. The molecule has 1 saturated carbocycles. The van der Waals surface area contributed by atoms with E-state index in [0.717, 1.165) is 5.69 Å². The highest BCUT2D eigenvalue weighted by molar-refractivity contribution is 6.23. The summed E-state index contributed by atoms with van der Waals surface area (Å²) < 4.78 is 0. The maximum Gasteiger partial charge on any atom is 0.168 e. The van der Waals surface area contributed by atoms with E-state index in [2.05, 4.69) is 19.2 Å². The van der Waals surface area contributed by atoms with Gasteiger partial charge in [-0.25, -0.2) is 5.11 Å². The van der Waals surface area contributed by atoms with Gasteiger partial charge in [0.05, 0.1) is 5.57 Å². The smallest absolute Gasteiger partial charge is 0.168 e. The van der Waals surface area contributed by atoms with Gasteiger partial charge in [-0.1, -0.05) is 39.8 Å². The van der Waals surface area contributed by atoms with Crippen LogP contribution in [-0.2, 0) is 21.3 Å². The standard InChI is InChI=1S/C20H26NO3/c1-13(2)9-16(21-15-7-5-14(12-22)6-8-15)19-17(23)10-20(3,4)11-18(19)24/h5-8,13,21H,9-12H2,1-4H3. The maximum atomic E-state index is 12.6. The number of hydrogen-bond donors (Lipinski definition) is 1. The lowest BCUT2D eigenvalue weighted by atomic mass is 9.73. The first-order valence-corrected chi connectivity index (χ1v) is 8.45. The summed E-state index contributed by atoms with van der Waals surface area (Å²) in [6, 6.07) is 7.16. The third-order valence-electron chi connectivity index (χ3n) is 4.17. The zero-order chi connectivity index (χ0) is 17.9. The molecule has 24 heavy (non-hydrogen) atoms. The topological polar surface area (TPSA) is 66.1 Å². The van der Waals surface area contributed by atoms with Crippen LogP contribution in [0.4, 0.5) is 5.69 Å². The van der Waals surface area contributed by atoms with Gasteiger partial charge in [0, 0.05) is 24.2 Å². The number of ketones is 2. The molecule has 1 N–H and O–H groups in total. The van der Waals surface area contributed by atoms with Gasteiger partial charge in [0.25, 0.3) is 0 Å². The summed E-state index contributed by atoms with van der Waals surface area (Å²) in [6.45, 7) is 7.77. The van der Waals surface area contributed by atoms with Crippen molar-refractivity contribution in [2.24, 2.45) is 11.3 Å². The Morgan fingerprint density at radius 1 is 1.08 bits per heavy atom. The predicted octanol–water partition coefficient (Wildman–Crippen LogP) is 4.29. The lowest BCUT2D eigenvalue weighted by Crippen LogP contribution is -2.33. The monoisotopic (exact) mass is 328 g/mol. The van der Waals surface area contributed by atoms with E-state index in [1.165, 1.54) is 0 Å². The Balaban J connectivity index is 2.36. The summed E-state index contributed by atoms with van der Waals surface area (Å²) in [6.07, 6.45) is 1.43. The van der Waals surface area contributed by atoms with Crippen LogP contribution in [-0.4, -0.2) is 11.6 Å². The third kappa shape index (κ3) is 4.54. The van der Waals surface area contributed by atoms with Crippen LogP contribution < -0.4 is 5.32 Å². The Bertz CT molecular complexity index is 632. The molecule has 0 unspecified atom stereocenters. The van der Waals surface area contributed by atoms with E-state index >= 15 is 0 Å². The summed E-state index contributed by atoms with van der Waals surface area (Å²) in [5, 5.41) is 14.1. The fraction of sp³-hybridized carbons (Fsp3) is 0.500. The molecule has 2 rings (SSSR count). The van der Waals surface area contributed by atoms with Crippen molar-refractivity contribution in [3.8, 4) is 0 Å². The summed E-state index contributed by atoms with van der Waals surface area (Å²) in [5.41, 5.74) is 2.27. The highest BCUT2D eigenvalue weighted by Crippen LogP contribution is 2.35. The third-order valence-corrected chi connectivity index (χ3v) is 4.17. The molecule has 0 amide bonds. The number of nitrogens with one attached hydrogen (secondary N) is 1. The molecule has 0 bridgehead atoms. The number of carbonyl (C=O) groups is 2. The van der Waals surface area contributed by atoms with E-state index in [0.29, 0.717) is 42.0 Å². The minimum Gasteiger partial charge on any atom is -0.358 e. The van der Waals surface area contributed by atoms with Gasteiger partial charge in [-0.15, -0.1) is 0 Å². The Kier molecular flexibility index (Phi) is 5.60. The van der Waals surface area contributed by atoms with E-state index in [9.17, 15) is 14.7 Å². The van der Waals surface area contributed by atoms with Crippen LogP contribution in [0.25, 0.3) is 0 Å². The zero-order valence-electron chi connectivity index (χ0n) is 14.9. The largest absolute Gasteiger partial charge is 0.358 e. The molecule has 1 radical (unpaired) electrons. The summed E-state index contributed by atoms with van der Waals surface area (Å²) in [5.74, 6) is 0.169. The SMILES string of the molecule is CC(C)CC(Nc1ccc(C[O])cc1)=C1C(=O)CC(C)(C)CC1=O. The molecular formula is C20H26NO3. The van der Waals surface area contributed by atoms with Crippen LogP contribution in [0.5, 0.6) is 0 Å². The molecule has 4 nitrogen and oxygen atoms in total. The van der Waals surface area contributed by atoms with E-state index in [-0.39, 0.29) is 23.6 Å². The molecule has 1 aliphatic rings. The van der Waals surface area contributed by atoms with Crippen molar-refractivity contribution in [1.82, 2.24) is 0 Å². The highest BCUT2D eigenvalue weighted by Gasteiger charge is 2.37. The number of rotatable bonds is 5. The van der Waals surface area contributed by atoms with E-state index in [4.69, 9.17) is 0 Å². The van der Waals surface area contributed by atoms with Crippen molar-refractivity contribution < 1.29 is 14.7 Å². The van der Waals surface area contributed by atoms with Crippen molar-refractivity contribution in [2.45, 2.75) is 53.6 Å². The fourth-order valence-corrected chi connectivity index (χ4v) is 3.08. The van der Waals surface area contributed by atoms with Crippen LogP contribution in [0.2, 0.25) is 0 Å². The molecule has 0 spiro atoms. The minimum absolute atomic E-state index is 0.0735. The number of carbonyl (C=O) groups excluding carboxylic acids is 2. The minimum atomic E-state index is -0.267. The first-order valence-electron chi connectivity index (χ1n) is 8.45. The van der Waals surface area contributed by atoms with Crippen molar-refractivity contribution in [1.29, 1.82) is 0 Å². The van der Waals surface area contributed by atoms with E-state index < -0.39 is 0 Å². The molecule has 0 aliphatic heterocycles. The maximum absolute atomic E-state index is 12.6. The van der Waals surface area contributed by atoms with Crippen LogP contribution in [0, 0.1) is 11.3 Å². The lowest BCUT2D eigenvalue weighted by Gasteiger charge is -2.30.